The molecule has 3 rings (SSSR count). The third-order valence-corrected chi connectivity index (χ3v) is 5.34. The van der Waals surface area contributed by atoms with Gasteiger partial charge in [0, 0.05) is 49.3 Å². The molecule has 23 heavy (non-hydrogen) atoms. The highest BCUT2D eigenvalue weighted by Gasteiger charge is 2.32. The van der Waals surface area contributed by atoms with Crippen LogP contribution in [0.5, 0.6) is 0 Å². The number of benzene rings is 1. The van der Waals surface area contributed by atoms with Crippen LogP contribution in [-0.4, -0.2) is 61.5 Å². The van der Waals surface area contributed by atoms with Crippen LogP contribution in [0.2, 0.25) is 0 Å². The van der Waals surface area contributed by atoms with Crippen LogP contribution < -0.4 is 5.32 Å². The smallest absolute Gasteiger partial charge is 0.253 e. The second-order valence-corrected chi connectivity index (χ2v) is 7.73. The van der Waals surface area contributed by atoms with E-state index in [2.05, 4.69) is 33.1 Å². The van der Waals surface area contributed by atoms with Gasteiger partial charge in [0.25, 0.3) is 5.91 Å². The zero-order valence-corrected chi connectivity index (χ0v) is 16.0. The van der Waals surface area contributed by atoms with E-state index in [1.807, 2.05) is 29.2 Å². The molecule has 0 spiro atoms. The van der Waals surface area contributed by atoms with E-state index in [-0.39, 0.29) is 18.3 Å². The van der Waals surface area contributed by atoms with E-state index in [0.29, 0.717) is 5.41 Å². The number of hydrogen-bond donors (Lipinski definition) is 1. The van der Waals surface area contributed by atoms with Crippen LogP contribution in [-0.2, 0) is 0 Å². The molecule has 2 saturated heterocycles. The lowest BCUT2D eigenvalue weighted by Crippen LogP contribution is -2.51. The third-order valence-electron chi connectivity index (χ3n) is 4.81. The Labute approximate surface area is 153 Å². The molecule has 1 aromatic rings. The second-order valence-electron chi connectivity index (χ2n) is 6.81. The monoisotopic (exact) mass is 401 g/mol. The fourth-order valence-electron chi connectivity index (χ4n) is 3.43. The summed E-state index contributed by atoms with van der Waals surface area (Å²) >= 11 is 3.41. The topological polar surface area (TPSA) is 35.6 Å². The molecule has 1 N–H and O–H groups in total. The summed E-state index contributed by atoms with van der Waals surface area (Å²) in [4.78, 5) is 17.0. The van der Waals surface area contributed by atoms with Crippen LogP contribution in [0.4, 0.5) is 0 Å². The molecule has 2 fully saturated rings. The number of amides is 1. The van der Waals surface area contributed by atoms with Crippen molar-refractivity contribution in [2.24, 2.45) is 5.41 Å². The summed E-state index contributed by atoms with van der Waals surface area (Å²) in [6.45, 7) is 9.39. The minimum Gasteiger partial charge on any atom is -0.336 e. The maximum absolute atomic E-state index is 12.5. The number of nitrogens with one attached hydrogen (secondary N) is 1. The molecule has 0 radical (unpaired) electrons. The highest BCUT2D eigenvalue weighted by molar-refractivity contribution is 9.10. The molecule has 0 aliphatic carbocycles. The maximum Gasteiger partial charge on any atom is 0.253 e. The Kier molecular flexibility index (Phi) is 6.48. The van der Waals surface area contributed by atoms with Crippen molar-refractivity contribution in [2.75, 3.05) is 45.8 Å². The average molecular weight is 403 g/mol. The van der Waals surface area contributed by atoms with Gasteiger partial charge in [0.1, 0.15) is 0 Å². The average Bonchev–Trinajstić information content (AvgIpc) is 2.94. The van der Waals surface area contributed by atoms with Gasteiger partial charge >= 0.3 is 0 Å². The van der Waals surface area contributed by atoms with Gasteiger partial charge in [0.05, 0.1) is 0 Å². The van der Waals surface area contributed by atoms with Gasteiger partial charge in [-0.2, -0.15) is 0 Å². The van der Waals surface area contributed by atoms with E-state index in [1.54, 1.807) is 0 Å². The zero-order chi connectivity index (χ0) is 15.6. The van der Waals surface area contributed by atoms with Crippen molar-refractivity contribution < 1.29 is 4.79 Å². The largest absolute Gasteiger partial charge is 0.336 e. The van der Waals surface area contributed by atoms with Gasteiger partial charge in [0.2, 0.25) is 0 Å². The van der Waals surface area contributed by atoms with Gasteiger partial charge in [-0.05, 0) is 42.6 Å². The van der Waals surface area contributed by atoms with Crippen LogP contribution >= 0.6 is 28.3 Å². The number of piperazine rings is 1. The van der Waals surface area contributed by atoms with Crippen LogP contribution in [0.1, 0.15) is 23.7 Å². The summed E-state index contributed by atoms with van der Waals surface area (Å²) < 4.78 is 1.01. The highest BCUT2D eigenvalue weighted by atomic mass is 79.9. The number of carbonyl (C=O) groups is 1. The summed E-state index contributed by atoms with van der Waals surface area (Å²) in [5, 5.41) is 3.46. The van der Waals surface area contributed by atoms with Crippen molar-refractivity contribution in [3.05, 3.63) is 34.3 Å². The molecule has 1 amide bonds. The SMILES string of the molecule is CC1(CN2CCN(C(=O)c3ccc(Br)cc3)CC2)CCNC1.Cl. The first-order valence-electron chi connectivity index (χ1n) is 8.04. The molecular formula is C17H25BrClN3O. The molecule has 4 nitrogen and oxygen atoms in total. The normalized spacial score (nSPS) is 25.2. The van der Waals surface area contributed by atoms with Gasteiger partial charge in [-0.25, -0.2) is 0 Å². The molecule has 0 aromatic heterocycles. The first kappa shape index (κ1) is 18.7. The summed E-state index contributed by atoms with van der Waals surface area (Å²) in [6.07, 6.45) is 1.25. The molecule has 2 aliphatic heterocycles. The van der Waals surface area contributed by atoms with Crippen molar-refractivity contribution in [2.45, 2.75) is 13.3 Å². The molecule has 1 aromatic carbocycles. The lowest BCUT2D eigenvalue weighted by Gasteiger charge is -2.38. The third kappa shape index (κ3) is 4.69. The van der Waals surface area contributed by atoms with E-state index < -0.39 is 0 Å². The van der Waals surface area contributed by atoms with Crippen molar-refractivity contribution in [3.8, 4) is 0 Å². The van der Waals surface area contributed by atoms with Crippen LogP contribution in [0.25, 0.3) is 0 Å². The van der Waals surface area contributed by atoms with E-state index in [4.69, 9.17) is 0 Å². The summed E-state index contributed by atoms with van der Waals surface area (Å²) in [5.74, 6) is 0.154. The minimum atomic E-state index is 0. The molecule has 2 aliphatic rings. The first-order chi connectivity index (χ1) is 10.6. The lowest BCUT2D eigenvalue weighted by molar-refractivity contribution is 0.0581. The highest BCUT2D eigenvalue weighted by Crippen LogP contribution is 2.26. The molecule has 0 bridgehead atoms. The number of carbonyl (C=O) groups excluding carboxylic acids is 1. The molecule has 1 unspecified atom stereocenters. The Morgan fingerprint density at radius 1 is 1.22 bits per heavy atom. The summed E-state index contributed by atoms with van der Waals surface area (Å²) in [7, 11) is 0. The fourth-order valence-corrected chi connectivity index (χ4v) is 3.69. The first-order valence-corrected chi connectivity index (χ1v) is 8.83. The zero-order valence-electron chi connectivity index (χ0n) is 13.6. The van der Waals surface area contributed by atoms with Gasteiger partial charge in [-0.1, -0.05) is 22.9 Å². The maximum atomic E-state index is 12.5. The second kappa shape index (κ2) is 7.97. The van der Waals surface area contributed by atoms with Crippen LogP contribution in [0, 0.1) is 5.41 Å². The molecule has 1 atom stereocenters. The quantitative estimate of drug-likeness (QED) is 0.844. The molecule has 2 heterocycles. The Morgan fingerprint density at radius 3 is 2.43 bits per heavy atom. The Bertz CT molecular complexity index is 523. The van der Waals surface area contributed by atoms with Crippen molar-refractivity contribution in [1.82, 2.24) is 15.1 Å². The van der Waals surface area contributed by atoms with Crippen molar-refractivity contribution >= 4 is 34.2 Å². The van der Waals surface area contributed by atoms with Gasteiger partial charge in [-0.3, -0.25) is 9.69 Å². The predicted molar refractivity (Wildman–Crippen MR) is 99.3 cm³/mol. The summed E-state index contributed by atoms with van der Waals surface area (Å²) in [6, 6.07) is 7.64. The molecular weight excluding hydrogens is 378 g/mol. The molecule has 128 valence electrons. The Hall–Kier alpha value is -0.620. The number of nitrogens with zero attached hydrogens (tertiary/aromatic N) is 2. The number of rotatable bonds is 3. The predicted octanol–water partition coefficient (Wildman–Crippen LogP) is 2.63. The van der Waals surface area contributed by atoms with Crippen molar-refractivity contribution in [3.63, 3.8) is 0 Å². The molecule has 6 heteroatoms. The van der Waals surface area contributed by atoms with Gasteiger partial charge in [-0.15, -0.1) is 12.4 Å². The van der Waals surface area contributed by atoms with Crippen LogP contribution in [0.3, 0.4) is 0 Å². The molecule has 0 saturated carbocycles. The van der Waals surface area contributed by atoms with E-state index >= 15 is 0 Å². The summed E-state index contributed by atoms with van der Waals surface area (Å²) in [5.41, 5.74) is 1.18. The Balaban J connectivity index is 0.00000192. The van der Waals surface area contributed by atoms with Gasteiger partial charge < -0.3 is 10.2 Å². The van der Waals surface area contributed by atoms with E-state index in [0.717, 1.165) is 55.8 Å². The standard InChI is InChI=1S/C17H24BrN3O.ClH/c1-17(6-7-19-12-17)13-20-8-10-21(11-9-20)16(22)14-2-4-15(18)5-3-14;/h2-5,19H,6-13H2,1H3;1H. The number of hydrogen-bond acceptors (Lipinski definition) is 3. The lowest BCUT2D eigenvalue weighted by atomic mass is 9.89. The van der Waals surface area contributed by atoms with Crippen molar-refractivity contribution in [1.29, 1.82) is 0 Å². The Morgan fingerprint density at radius 2 is 1.87 bits per heavy atom. The van der Waals surface area contributed by atoms with Gasteiger partial charge in [0.15, 0.2) is 0 Å². The minimum absolute atomic E-state index is 0. The number of halogens is 2. The van der Waals surface area contributed by atoms with E-state index in [9.17, 15) is 4.79 Å². The fraction of sp³-hybridized carbons (Fsp3) is 0.588. The van der Waals surface area contributed by atoms with E-state index in [1.165, 1.54) is 6.42 Å². The van der Waals surface area contributed by atoms with Crippen LogP contribution in [0.15, 0.2) is 28.7 Å².